The molecule has 1 amide bonds. The molecule has 0 aliphatic carbocycles. The summed E-state index contributed by atoms with van der Waals surface area (Å²) in [6, 6.07) is 4.16. The van der Waals surface area contributed by atoms with E-state index in [2.05, 4.69) is 15.9 Å². The predicted molar refractivity (Wildman–Crippen MR) is 70.5 cm³/mol. The number of rotatable bonds is 2. The van der Waals surface area contributed by atoms with Gasteiger partial charge in [-0.2, -0.15) is 0 Å². The molecule has 1 saturated heterocycles. The second-order valence-corrected chi connectivity index (χ2v) is 5.28. The Morgan fingerprint density at radius 3 is 3.00 bits per heavy atom. The lowest BCUT2D eigenvalue weighted by Crippen LogP contribution is -2.46. The van der Waals surface area contributed by atoms with E-state index in [4.69, 9.17) is 16.3 Å². The first-order chi connectivity index (χ1) is 8.60. The minimum atomic E-state index is -0.435. The zero-order valence-electron chi connectivity index (χ0n) is 9.54. The van der Waals surface area contributed by atoms with Crippen LogP contribution in [0.4, 0.5) is 4.39 Å². The topological polar surface area (TPSA) is 29.5 Å². The number of benzene rings is 1. The molecule has 1 unspecified atom stereocenters. The van der Waals surface area contributed by atoms with Gasteiger partial charge in [-0.05, 0) is 18.2 Å². The van der Waals surface area contributed by atoms with E-state index in [1.807, 2.05) is 0 Å². The number of hydrogen-bond acceptors (Lipinski definition) is 2. The Morgan fingerprint density at radius 2 is 2.33 bits per heavy atom. The van der Waals surface area contributed by atoms with Crippen molar-refractivity contribution < 1.29 is 13.9 Å². The quantitative estimate of drug-likeness (QED) is 0.777. The van der Waals surface area contributed by atoms with Crippen LogP contribution in [0.3, 0.4) is 0 Å². The van der Waals surface area contributed by atoms with Crippen molar-refractivity contribution in [2.75, 3.05) is 25.6 Å². The van der Waals surface area contributed by atoms with Gasteiger partial charge in [-0.25, -0.2) is 4.39 Å². The molecule has 18 heavy (non-hydrogen) atoms. The van der Waals surface area contributed by atoms with E-state index in [1.54, 1.807) is 11.0 Å². The third-order valence-electron chi connectivity index (χ3n) is 2.71. The fraction of sp³-hybridized carbons (Fsp3) is 0.417. The number of nitrogens with zero attached hydrogens (tertiary/aromatic N) is 1. The molecule has 1 atom stereocenters. The van der Waals surface area contributed by atoms with Gasteiger partial charge < -0.3 is 9.64 Å². The Hall–Kier alpha value is -0.650. The molecule has 2 rings (SSSR count). The molecule has 0 N–H and O–H groups in total. The van der Waals surface area contributed by atoms with Gasteiger partial charge >= 0.3 is 0 Å². The Morgan fingerprint density at radius 1 is 1.56 bits per heavy atom. The second kappa shape index (κ2) is 5.99. The van der Waals surface area contributed by atoms with Gasteiger partial charge in [0.1, 0.15) is 5.82 Å². The second-order valence-electron chi connectivity index (χ2n) is 4.06. The number of alkyl halides is 1. The summed E-state index contributed by atoms with van der Waals surface area (Å²) in [4.78, 5) is 13.8. The average Bonchev–Trinajstić information content (AvgIpc) is 2.37. The van der Waals surface area contributed by atoms with E-state index >= 15 is 0 Å². The first-order valence-corrected chi connectivity index (χ1v) is 6.86. The molecule has 1 aliphatic rings. The van der Waals surface area contributed by atoms with E-state index < -0.39 is 5.82 Å². The molecule has 0 spiro atoms. The predicted octanol–water partition coefficient (Wildman–Crippen LogP) is 2.67. The van der Waals surface area contributed by atoms with Gasteiger partial charge in [0, 0.05) is 23.1 Å². The third kappa shape index (κ3) is 3.22. The fourth-order valence-electron chi connectivity index (χ4n) is 1.86. The molecule has 0 saturated carbocycles. The van der Waals surface area contributed by atoms with Crippen molar-refractivity contribution in [3.63, 3.8) is 0 Å². The highest BCUT2D eigenvalue weighted by Crippen LogP contribution is 2.18. The van der Waals surface area contributed by atoms with Gasteiger partial charge in [0.2, 0.25) is 0 Å². The van der Waals surface area contributed by atoms with Crippen LogP contribution >= 0.6 is 27.5 Å². The first-order valence-electron chi connectivity index (χ1n) is 5.53. The summed E-state index contributed by atoms with van der Waals surface area (Å²) in [5, 5.41) is 0. The zero-order chi connectivity index (χ0) is 13.1. The van der Waals surface area contributed by atoms with Gasteiger partial charge in [-0.15, -0.1) is 11.6 Å². The van der Waals surface area contributed by atoms with Crippen molar-refractivity contribution in [3.05, 3.63) is 34.1 Å². The van der Waals surface area contributed by atoms with Crippen LogP contribution in [0.1, 0.15) is 10.4 Å². The van der Waals surface area contributed by atoms with E-state index in [9.17, 15) is 9.18 Å². The summed E-state index contributed by atoms with van der Waals surface area (Å²) in [6.07, 6.45) is -0.152. The molecule has 1 aromatic carbocycles. The minimum absolute atomic E-state index is 0.152. The van der Waals surface area contributed by atoms with Crippen LogP contribution in [-0.2, 0) is 4.74 Å². The van der Waals surface area contributed by atoms with Crippen LogP contribution < -0.4 is 0 Å². The molecular weight excluding hydrogens is 324 g/mol. The lowest BCUT2D eigenvalue weighted by molar-refractivity contribution is -0.0108. The minimum Gasteiger partial charge on any atom is -0.373 e. The third-order valence-corrected chi connectivity index (χ3v) is 3.51. The monoisotopic (exact) mass is 335 g/mol. The lowest BCUT2D eigenvalue weighted by Gasteiger charge is -2.32. The van der Waals surface area contributed by atoms with Crippen molar-refractivity contribution in [2.24, 2.45) is 0 Å². The summed E-state index contributed by atoms with van der Waals surface area (Å²) >= 11 is 8.89. The van der Waals surface area contributed by atoms with E-state index in [1.165, 1.54) is 12.1 Å². The van der Waals surface area contributed by atoms with Crippen LogP contribution in [0.5, 0.6) is 0 Å². The molecule has 1 aliphatic heterocycles. The molecule has 3 nitrogen and oxygen atoms in total. The summed E-state index contributed by atoms with van der Waals surface area (Å²) in [7, 11) is 0. The Balaban J connectivity index is 2.15. The van der Waals surface area contributed by atoms with Crippen LogP contribution in [0.25, 0.3) is 0 Å². The molecule has 1 aromatic rings. The van der Waals surface area contributed by atoms with E-state index in [0.29, 0.717) is 35.6 Å². The largest absolute Gasteiger partial charge is 0.373 e. The molecule has 6 heteroatoms. The van der Waals surface area contributed by atoms with Crippen LogP contribution in [0, 0.1) is 5.82 Å². The number of carbonyl (C=O) groups excluding carboxylic acids is 1. The highest BCUT2D eigenvalue weighted by molar-refractivity contribution is 9.10. The molecule has 1 fully saturated rings. The highest BCUT2D eigenvalue weighted by Gasteiger charge is 2.24. The smallest absolute Gasteiger partial charge is 0.254 e. The first kappa shape index (κ1) is 13.8. The number of ether oxygens (including phenoxy) is 1. The summed E-state index contributed by atoms with van der Waals surface area (Å²) in [5.41, 5.74) is 0.331. The number of hydrogen-bond donors (Lipinski definition) is 0. The average molecular weight is 337 g/mol. The summed E-state index contributed by atoms with van der Waals surface area (Å²) in [6.45, 7) is 1.40. The Kier molecular flexibility index (Phi) is 4.59. The summed E-state index contributed by atoms with van der Waals surface area (Å²) in [5.74, 6) is -0.292. The molecule has 1 heterocycles. The van der Waals surface area contributed by atoms with Gasteiger partial charge in [0.05, 0.1) is 18.6 Å². The van der Waals surface area contributed by atoms with Crippen molar-refractivity contribution in [1.29, 1.82) is 0 Å². The normalized spacial score (nSPS) is 19.9. The number of amides is 1. The molecule has 0 aromatic heterocycles. The number of morpholine rings is 1. The molecular formula is C12H12BrClFNO2. The zero-order valence-corrected chi connectivity index (χ0v) is 11.9. The molecule has 0 bridgehead atoms. The van der Waals surface area contributed by atoms with Gasteiger partial charge in [-0.3, -0.25) is 4.79 Å². The highest BCUT2D eigenvalue weighted by atomic mass is 79.9. The SMILES string of the molecule is O=C(c1cc(F)cc(Br)c1)N1CCOC(CCl)C1. The van der Waals surface area contributed by atoms with Gasteiger partial charge in [0.15, 0.2) is 0 Å². The maximum Gasteiger partial charge on any atom is 0.254 e. The van der Waals surface area contributed by atoms with Gasteiger partial charge in [-0.1, -0.05) is 15.9 Å². The fourth-order valence-corrected chi connectivity index (χ4v) is 2.51. The maximum atomic E-state index is 13.3. The maximum absolute atomic E-state index is 13.3. The van der Waals surface area contributed by atoms with E-state index in [-0.39, 0.29) is 12.0 Å². The Bertz CT molecular complexity index is 437. The van der Waals surface area contributed by atoms with Crippen molar-refractivity contribution >= 4 is 33.4 Å². The van der Waals surface area contributed by atoms with E-state index in [0.717, 1.165) is 0 Å². The number of carbonyl (C=O) groups is 1. The summed E-state index contributed by atoms with van der Waals surface area (Å²) < 4.78 is 19.2. The van der Waals surface area contributed by atoms with Crippen LogP contribution in [-0.4, -0.2) is 42.5 Å². The van der Waals surface area contributed by atoms with Crippen LogP contribution in [0.2, 0.25) is 0 Å². The van der Waals surface area contributed by atoms with Gasteiger partial charge in [0.25, 0.3) is 5.91 Å². The molecule has 98 valence electrons. The van der Waals surface area contributed by atoms with Crippen molar-refractivity contribution in [2.45, 2.75) is 6.10 Å². The lowest BCUT2D eigenvalue weighted by atomic mass is 10.1. The van der Waals surface area contributed by atoms with Crippen LogP contribution in [0.15, 0.2) is 22.7 Å². The standard InChI is InChI=1S/C12H12BrClFNO2/c13-9-3-8(4-10(15)5-9)12(17)16-1-2-18-11(6-14)7-16/h3-5,11H,1-2,6-7H2. The Labute approximate surface area is 118 Å². The van der Waals surface area contributed by atoms with Crippen molar-refractivity contribution in [1.82, 2.24) is 4.90 Å². The number of halogens is 3. The molecule has 0 radical (unpaired) electrons. The van der Waals surface area contributed by atoms with Crippen molar-refractivity contribution in [3.8, 4) is 0 Å².